The first kappa shape index (κ1) is 14.1. The van der Waals surface area contributed by atoms with Gasteiger partial charge in [0.15, 0.2) is 5.16 Å². The Morgan fingerprint density at radius 3 is 2.71 bits per heavy atom. The van der Waals surface area contributed by atoms with Gasteiger partial charge in [0.2, 0.25) is 0 Å². The van der Waals surface area contributed by atoms with E-state index in [4.69, 9.17) is 5.11 Å². The molecule has 96 valence electrons. The van der Waals surface area contributed by atoms with Crippen LogP contribution < -0.4 is 10.6 Å². The summed E-state index contributed by atoms with van der Waals surface area (Å²) in [6.07, 6.45) is 3.67. The van der Waals surface area contributed by atoms with Crippen molar-refractivity contribution in [3.63, 3.8) is 0 Å². The third-order valence-electron chi connectivity index (χ3n) is 2.33. The van der Waals surface area contributed by atoms with E-state index in [0.29, 0.717) is 0 Å². The Balaban J connectivity index is 2.68. The number of aliphatic hydroxyl groups excluding tert-OH is 1. The molecular weight excluding hydrogens is 236 g/mol. The van der Waals surface area contributed by atoms with Crippen LogP contribution >= 0.6 is 11.8 Å². The van der Waals surface area contributed by atoms with Crippen molar-refractivity contribution >= 4 is 23.4 Å². The number of rotatable bonds is 7. The molecule has 0 bridgehead atoms. The third-order valence-corrected chi connectivity index (χ3v) is 2.88. The van der Waals surface area contributed by atoms with Crippen LogP contribution in [0.2, 0.25) is 0 Å². The summed E-state index contributed by atoms with van der Waals surface area (Å²) in [5, 5.41) is 15.8. The standard InChI is InChI=1S/C11H20N4OS/c1-8(5-4-6-16)13-10-7-9(12-2)14-11(15-10)17-3/h7-8,16H,4-6H2,1-3H3,(H2,12,13,14,15). The summed E-state index contributed by atoms with van der Waals surface area (Å²) < 4.78 is 0. The Morgan fingerprint density at radius 1 is 1.41 bits per heavy atom. The quantitative estimate of drug-likeness (QED) is 0.510. The van der Waals surface area contributed by atoms with Gasteiger partial charge in [-0.05, 0) is 26.0 Å². The first-order valence-electron chi connectivity index (χ1n) is 5.67. The molecule has 3 N–H and O–H groups in total. The van der Waals surface area contributed by atoms with Gasteiger partial charge in [0, 0.05) is 25.8 Å². The van der Waals surface area contributed by atoms with E-state index in [1.807, 2.05) is 19.4 Å². The van der Waals surface area contributed by atoms with Gasteiger partial charge in [0.1, 0.15) is 11.6 Å². The van der Waals surface area contributed by atoms with Crippen LogP contribution in [-0.4, -0.2) is 41.0 Å². The monoisotopic (exact) mass is 256 g/mol. The zero-order valence-corrected chi connectivity index (χ0v) is 11.3. The van der Waals surface area contributed by atoms with Gasteiger partial charge in [0.05, 0.1) is 0 Å². The lowest BCUT2D eigenvalue weighted by molar-refractivity contribution is 0.282. The molecule has 0 fully saturated rings. The van der Waals surface area contributed by atoms with Crippen LogP contribution in [0.3, 0.4) is 0 Å². The molecule has 0 amide bonds. The largest absolute Gasteiger partial charge is 0.396 e. The Morgan fingerprint density at radius 2 is 2.12 bits per heavy atom. The normalized spacial score (nSPS) is 12.2. The summed E-state index contributed by atoms with van der Waals surface area (Å²) in [5.41, 5.74) is 0. The molecule has 1 aromatic heterocycles. The molecule has 0 spiro atoms. The molecule has 1 unspecified atom stereocenters. The third kappa shape index (κ3) is 4.79. The van der Waals surface area contributed by atoms with Crippen LogP contribution in [0, 0.1) is 0 Å². The molecule has 0 radical (unpaired) electrons. The van der Waals surface area contributed by atoms with E-state index >= 15 is 0 Å². The van der Waals surface area contributed by atoms with Crippen molar-refractivity contribution in [2.75, 3.05) is 30.5 Å². The van der Waals surface area contributed by atoms with Gasteiger partial charge >= 0.3 is 0 Å². The van der Waals surface area contributed by atoms with Crippen LogP contribution in [0.1, 0.15) is 19.8 Å². The number of aromatic nitrogens is 2. The van der Waals surface area contributed by atoms with E-state index < -0.39 is 0 Å². The van der Waals surface area contributed by atoms with Crippen LogP contribution in [0.5, 0.6) is 0 Å². The molecule has 0 saturated heterocycles. The number of nitrogens with zero attached hydrogens (tertiary/aromatic N) is 2. The summed E-state index contributed by atoms with van der Waals surface area (Å²) in [4.78, 5) is 8.69. The summed E-state index contributed by atoms with van der Waals surface area (Å²) in [6.45, 7) is 2.31. The van der Waals surface area contributed by atoms with Gasteiger partial charge in [-0.15, -0.1) is 0 Å². The summed E-state index contributed by atoms with van der Waals surface area (Å²) in [5.74, 6) is 1.63. The van der Waals surface area contributed by atoms with Crippen molar-refractivity contribution in [3.05, 3.63) is 6.07 Å². The number of aliphatic hydroxyl groups is 1. The maximum atomic E-state index is 8.78. The summed E-state index contributed by atoms with van der Waals surface area (Å²) in [7, 11) is 1.84. The summed E-state index contributed by atoms with van der Waals surface area (Å²) in [6, 6.07) is 2.17. The smallest absolute Gasteiger partial charge is 0.191 e. The van der Waals surface area contributed by atoms with Gasteiger partial charge in [-0.2, -0.15) is 0 Å². The van der Waals surface area contributed by atoms with E-state index in [2.05, 4.69) is 27.5 Å². The lowest BCUT2D eigenvalue weighted by atomic mass is 10.2. The maximum absolute atomic E-state index is 8.78. The van der Waals surface area contributed by atoms with Crippen LogP contribution in [0.25, 0.3) is 0 Å². The zero-order chi connectivity index (χ0) is 12.7. The van der Waals surface area contributed by atoms with Gasteiger partial charge in [-0.3, -0.25) is 0 Å². The molecule has 17 heavy (non-hydrogen) atoms. The SMILES string of the molecule is CNc1cc(NC(C)CCCO)nc(SC)n1. The van der Waals surface area contributed by atoms with Gasteiger partial charge in [0.25, 0.3) is 0 Å². The number of anilines is 2. The molecule has 1 rings (SSSR count). The van der Waals surface area contributed by atoms with Crippen molar-refractivity contribution in [1.82, 2.24) is 9.97 Å². The van der Waals surface area contributed by atoms with E-state index in [1.54, 1.807) is 0 Å². The maximum Gasteiger partial charge on any atom is 0.191 e. The Kier molecular flexibility index (Phi) is 6.07. The molecule has 1 aromatic rings. The lowest BCUT2D eigenvalue weighted by Crippen LogP contribution is -2.17. The van der Waals surface area contributed by atoms with E-state index in [1.165, 1.54) is 11.8 Å². The lowest BCUT2D eigenvalue weighted by Gasteiger charge is -2.15. The fraction of sp³-hybridized carbons (Fsp3) is 0.636. The fourth-order valence-electron chi connectivity index (χ4n) is 1.44. The Hall–Kier alpha value is -1.01. The van der Waals surface area contributed by atoms with Gasteiger partial charge < -0.3 is 15.7 Å². The predicted octanol–water partition coefficient (Wildman–Crippen LogP) is 1.81. The Labute approximate surface area is 106 Å². The second kappa shape index (κ2) is 7.34. The van der Waals surface area contributed by atoms with Crippen molar-refractivity contribution in [1.29, 1.82) is 0 Å². The number of nitrogens with one attached hydrogen (secondary N) is 2. The highest BCUT2D eigenvalue weighted by atomic mass is 32.2. The second-order valence-electron chi connectivity index (χ2n) is 3.79. The first-order valence-corrected chi connectivity index (χ1v) is 6.90. The second-order valence-corrected chi connectivity index (χ2v) is 4.56. The number of hydrogen-bond acceptors (Lipinski definition) is 6. The molecule has 0 aliphatic rings. The average Bonchev–Trinajstić information content (AvgIpc) is 2.35. The van der Waals surface area contributed by atoms with Crippen molar-refractivity contribution in [3.8, 4) is 0 Å². The van der Waals surface area contributed by atoms with Crippen LogP contribution in [0.4, 0.5) is 11.6 Å². The highest BCUT2D eigenvalue weighted by molar-refractivity contribution is 7.98. The number of thioether (sulfide) groups is 1. The fourth-order valence-corrected chi connectivity index (χ4v) is 1.82. The molecule has 0 aromatic carbocycles. The van der Waals surface area contributed by atoms with Gasteiger partial charge in [-0.25, -0.2) is 9.97 Å². The molecule has 1 heterocycles. The Bertz CT molecular complexity index is 326. The van der Waals surface area contributed by atoms with Crippen LogP contribution in [0.15, 0.2) is 11.2 Å². The van der Waals surface area contributed by atoms with E-state index in [0.717, 1.165) is 29.6 Å². The molecule has 0 saturated carbocycles. The van der Waals surface area contributed by atoms with Crippen molar-refractivity contribution in [2.45, 2.75) is 31.0 Å². The minimum atomic E-state index is 0.230. The highest BCUT2D eigenvalue weighted by Gasteiger charge is 2.06. The van der Waals surface area contributed by atoms with Crippen LogP contribution in [-0.2, 0) is 0 Å². The summed E-state index contributed by atoms with van der Waals surface area (Å²) >= 11 is 1.52. The molecule has 1 atom stereocenters. The minimum absolute atomic E-state index is 0.230. The molecule has 6 heteroatoms. The topological polar surface area (TPSA) is 70.1 Å². The van der Waals surface area contributed by atoms with E-state index in [-0.39, 0.29) is 12.6 Å². The van der Waals surface area contributed by atoms with Crippen molar-refractivity contribution in [2.24, 2.45) is 0 Å². The zero-order valence-electron chi connectivity index (χ0n) is 10.5. The molecule has 0 aliphatic carbocycles. The predicted molar refractivity (Wildman–Crippen MR) is 72.8 cm³/mol. The first-order chi connectivity index (χ1) is 8.19. The van der Waals surface area contributed by atoms with Gasteiger partial charge in [-0.1, -0.05) is 11.8 Å². The van der Waals surface area contributed by atoms with Crippen molar-refractivity contribution < 1.29 is 5.11 Å². The molecular formula is C11H20N4OS. The highest BCUT2D eigenvalue weighted by Crippen LogP contribution is 2.18. The number of hydrogen-bond donors (Lipinski definition) is 3. The average molecular weight is 256 g/mol. The molecule has 5 nitrogen and oxygen atoms in total. The van der Waals surface area contributed by atoms with E-state index in [9.17, 15) is 0 Å². The molecule has 0 aliphatic heterocycles. The minimum Gasteiger partial charge on any atom is -0.396 e.